The number of rotatable bonds is 12. The number of aliphatic hydroxyl groups excluding tert-OH is 1. The van der Waals surface area contributed by atoms with Gasteiger partial charge in [0.25, 0.3) is 11.5 Å². The molecular weight excluding hydrogens is 697 g/mol. The van der Waals surface area contributed by atoms with Gasteiger partial charge in [-0.2, -0.15) is 9.78 Å². The summed E-state index contributed by atoms with van der Waals surface area (Å²) >= 11 is 0. The monoisotopic (exact) mass is 742 g/mol. The molecule has 2 aliphatic heterocycles. The van der Waals surface area contributed by atoms with E-state index in [0.29, 0.717) is 28.9 Å². The molecule has 2 aliphatic rings. The number of fused-ring (bicyclic) bond motifs is 3. The molecule has 2 amide bonds. The first kappa shape index (κ1) is 37.0. The van der Waals surface area contributed by atoms with E-state index < -0.39 is 19.8 Å². The van der Waals surface area contributed by atoms with Crippen LogP contribution in [0.5, 0.6) is 5.75 Å². The first-order valence-electron chi connectivity index (χ1n) is 18.3. The third-order valence-corrected chi connectivity index (χ3v) is 15.7. The summed E-state index contributed by atoms with van der Waals surface area (Å²) in [7, 11) is -0.927. The van der Waals surface area contributed by atoms with E-state index in [4.69, 9.17) is 9.47 Å². The number of hydrogen-bond donors (Lipinski definition) is 1. The fourth-order valence-electron chi connectivity index (χ4n) is 8.74. The van der Waals surface area contributed by atoms with Gasteiger partial charge in [-0.3, -0.25) is 14.4 Å². The van der Waals surface area contributed by atoms with Crippen molar-refractivity contribution in [2.45, 2.75) is 50.2 Å². The van der Waals surface area contributed by atoms with Crippen molar-refractivity contribution in [3.05, 3.63) is 137 Å². The minimum absolute atomic E-state index is 0.0195. The van der Waals surface area contributed by atoms with E-state index in [-0.39, 0.29) is 54.9 Å². The number of amides is 2. The minimum Gasteiger partial charge on any atom is -0.497 e. The van der Waals surface area contributed by atoms with E-state index >= 15 is 4.79 Å². The SMILES string of the molecule is C=CCN1C(=O)[C@]2(O[C@H](CC(=O)N(CCO)Cc3ccccc3)[C@@H]([Si](C)(C)c3ccc(OC)cc3)[C@@H]2C)c2cc(-n3ncc4ccccc4c3=O)ccc21. The van der Waals surface area contributed by atoms with Crippen molar-refractivity contribution >= 4 is 41.5 Å². The standard InChI is InChI=1S/C43H46N4O6Si/c1-6-22-46-37-21-16-32(47-41(50)35-15-11-10-14-31(35)27-44-47)25-36(37)43(42(46)51)29(2)40(54(4,5)34-19-17-33(52-3)18-20-34)38(53-43)26-39(49)45(23-24-48)28-30-12-8-7-9-13-30/h6-21,25,27,29,38,40,48H,1,22-24,26,28H2,2-5H3/t29-,38+,40-,43+/m0/s1. The molecule has 11 heteroatoms. The van der Waals surface area contributed by atoms with E-state index in [0.717, 1.165) is 21.9 Å². The number of hydrogen-bond acceptors (Lipinski definition) is 7. The lowest BCUT2D eigenvalue weighted by molar-refractivity contribution is -0.149. The molecule has 1 spiro atoms. The predicted octanol–water partition coefficient (Wildman–Crippen LogP) is 5.55. The quantitative estimate of drug-likeness (QED) is 0.132. The molecule has 1 aromatic heterocycles. The zero-order valence-electron chi connectivity index (χ0n) is 31.1. The van der Waals surface area contributed by atoms with Crippen LogP contribution in [0.15, 0.2) is 121 Å². The van der Waals surface area contributed by atoms with Gasteiger partial charge in [0, 0.05) is 36.5 Å². The van der Waals surface area contributed by atoms with Gasteiger partial charge in [-0.25, -0.2) is 0 Å². The molecular formula is C43H46N4O6Si. The van der Waals surface area contributed by atoms with Gasteiger partial charge in [0.15, 0.2) is 5.60 Å². The fraction of sp³-hybridized carbons (Fsp3) is 0.302. The zero-order valence-corrected chi connectivity index (χ0v) is 32.1. The van der Waals surface area contributed by atoms with Crippen molar-refractivity contribution in [1.29, 1.82) is 0 Å². The van der Waals surface area contributed by atoms with Gasteiger partial charge in [-0.15, -0.1) is 6.58 Å². The third kappa shape index (κ3) is 6.25. The average molecular weight is 743 g/mol. The zero-order chi connectivity index (χ0) is 38.2. The molecule has 1 saturated heterocycles. The van der Waals surface area contributed by atoms with Crippen molar-refractivity contribution in [3.63, 3.8) is 0 Å². The number of aliphatic hydroxyl groups is 1. The number of aromatic nitrogens is 2. The fourth-order valence-corrected chi connectivity index (χ4v) is 12.7. The molecule has 0 bridgehead atoms. The molecule has 4 atom stereocenters. The summed E-state index contributed by atoms with van der Waals surface area (Å²) < 4.78 is 14.0. The van der Waals surface area contributed by atoms with Gasteiger partial charge in [-0.05, 0) is 47.5 Å². The molecule has 1 fully saturated rings. The van der Waals surface area contributed by atoms with Crippen molar-refractivity contribution in [1.82, 2.24) is 14.7 Å². The minimum atomic E-state index is -2.56. The van der Waals surface area contributed by atoms with Crippen molar-refractivity contribution in [3.8, 4) is 11.4 Å². The third-order valence-electron chi connectivity index (χ3n) is 11.4. The van der Waals surface area contributed by atoms with Gasteiger partial charge in [0.2, 0.25) is 5.91 Å². The van der Waals surface area contributed by atoms with Gasteiger partial charge in [0.05, 0.1) is 57.3 Å². The van der Waals surface area contributed by atoms with E-state index in [2.05, 4.69) is 43.8 Å². The lowest BCUT2D eigenvalue weighted by Crippen LogP contribution is -2.52. The molecule has 54 heavy (non-hydrogen) atoms. The van der Waals surface area contributed by atoms with Crippen LogP contribution >= 0.6 is 0 Å². The van der Waals surface area contributed by atoms with Crippen molar-refractivity contribution in [2.24, 2.45) is 5.92 Å². The molecule has 0 aliphatic carbocycles. The second-order valence-electron chi connectivity index (χ2n) is 14.7. The van der Waals surface area contributed by atoms with Crippen LogP contribution in [0.1, 0.15) is 24.5 Å². The highest BCUT2D eigenvalue weighted by Crippen LogP contribution is 2.60. The van der Waals surface area contributed by atoms with Crippen LogP contribution in [-0.4, -0.2) is 72.6 Å². The van der Waals surface area contributed by atoms with Gasteiger partial charge >= 0.3 is 0 Å². The number of methoxy groups -OCH3 is 1. The number of nitrogens with zero attached hydrogens (tertiary/aromatic N) is 4. The molecule has 278 valence electrons. The molecule has 1 N–H and O–H groups in total. The Kier molecular flexibility index (Phi) is 10.1. The second-order valence-corrected chi connectivity index (χ2v) is 19.4. The molecule has 0 radical (unpaired) electrons. The molecule has 10 nitrogen and oxygen atoms in total. The Hall–Kier alpha value is -5.36. The van der Waals surface area contributed by atoms with Crippen LogP contribution in [0.25, 0.3) is 16.5 Å². The van der Waals surface area contributed by atoms with Crippen LogP contribution in [0.4, 0.5) is 5.69 Å². The van der Waals surface area contributed by atoms with Crippen LogP contribution in [0, 0.1) is 5.92 Å². The lowest BCUT2D eigenvalue weighted by Gasteiger charge is -2.37. The summed E-state index contributed by atoms with van der Waals surface area (Å²) in [5.74, 6) is -0.0250. The maximum atomic E-state index is 15.0. The molecule has 3 heterocycles. The summed E-state index contributed by atoms with van der Waals surface area (Å²) in [5.41, 5.74) is 0.836. The second kappa shape index (κ2) is 14.8. The van der Waals surface area contributed by atoms with Crippen LogP contribution < -0.4 is 20.4 Å². The van der Waals surface area contributed by atoms with Crippen LogP contribution in [0.3, 0.4) is 0 Å². The molecule has 0 unspecified atom stereocenters. The van der Waals surface area contributed by atoms with Gasteiger partial charge in [0.1, 0.15) is 5.75 Å². The summed E-state index contributed by atoms with van der Waals surface area (Å²) in [6.45, 7) is 11.1. The number of benzene rings is 4. The van der Waals surface area contributed by atoms with Crippen molar-refractivity contribution < 1.29 is 24.2 Å². The largest absolute Gasteiger partial charge is 0.497 e. The summed E-state index contributed by atoms with van der Waals surface area (Å²) in [4.78, 5) is 46.5. The Balaban J connectivity index is 1.36. The molecule has 7 rings (SSSR count). The molecule has 0 saturated carbocycles. The summed E-state index contributed by atoms with van der Waals surface area (Å²) in [5, 5.41) is 16.9. The maximum Gasteiger partial charge on any atom is 0.279 e. The smallest absolute Gasteiger partial charge is 0.279 e. The first-order valence-corrected chi connectivity index (χ1v) is 21.4. The Bertz CT molecular complexity index is 2260. The van der Waals surface area contributed by atoms with E-state index in [9.17, 15) is 14.7 Å². The Morgan fingerprint density at radius 1 is 1.04 bits per heavy atom. The first-order chi connectivity index (χ1) is 26.0. The maximum absolute atomic E-state index is 15.0. The highest BCUT2D eigenvalue weighted by atomic mass is 28.3. The highest BCUT2D eigenvalue weighted by Gasteiger charge is 2.66. The number of ether oxygens (including phenoxy) is 2. The predicted molar refractivity (Wildman–Crippen MR) is 213 cm³/mol. The van der Waals surface area contributed by atoms with Gasteiger partial charge in [-0.1, -0.05) is 91.9 Å². The average Bonchev–Trinajstić information content (AvgIpc) is 3.61. The molecule has 5 aromatic rings. The highest BCUT2D eigenvalue weighted by molar-refractivity contribution is 6.91. The summed E-state index contributed by atoms with van der Waals surface area (Å²) in [6.07, 6.45) is 2.73. The van der Waals surface area contributed by atoms with Crippen LogP contribution in [0.2, 0.25) is 18.6 Å². The normalized spacial score (nSPS) is 20.7. The van der Waals surface area contributed by atoms with Gasteiger partial charge < -0.3 is 24.4 Å². The number of carbonyl (C=O) groups excluding carboxylic acids is 2. The molecule has 4 aromatic carbocycles. The summed E-state index contributed by atoms with van der Waals surface area (Å²) in [6, 6.07) is 30.6. The number of anilines is 1. The Labute approximate surface area is 316 Å². The Morgan fingerprint density at radius 3 is 2.46 bits per heavy atom. The topological polar surface area (TPSA) is 114 Å². The number of carbonyl (C=O) groups is 2. The van der Waals surface area contributed by atoms with E-state index in [1.807, 2.05) is 72.8 Å². The van der Waals surface area contributed by atoms with Crippen LogP contribution in [-0.2, 0) is 26.5 Å². The lowest BCUT2D eigenvalue weighted by atomic mass is 9.82. The van der Waals surface area contributed by atoms with E-state index in [1.165, 1.54) is 4.68 Å². The Morgan fingerprint density at radius 2 is 1.76 bits per heavy atom. The van der Waals surface area contributed by atoms with Crippen molar-refractivity contribution in [2.75, 3.05) is 31.7 Å². The van der Waals surface area contributed by atoms with E-state index in [1.54, 1.807) is 41.3 Å².